The van der Waals surface area contributed by atoms with E-state index >= 15 is 0 Å². The predicted octanol–water partition coefficient (Wildman–Crippen LogP) is 2.95. The van der Waals surface area contributed by atoms with E-state index in [0.29, 0.717) is 24.5 Å². The molecule has 0 saturated carbocycles. The lowest BCUT2D eigenvalue weighted by Crippen LogP contribution is -2.52. The van der Waals surface area contributed by atoms with Crippen LogP contribution >= 0.6 is 0 Å². The highest BCUT2D eigenvalue weighted by molar-refractivity contribution is 5.68. The first-order valence-electron chi connectivity index (χ1n) is 8.94. The third kappa shape index (κ3) is 6.68. The maximum Gasteiger partial charge on any atom is 0.410 e. The monoisotopic (exact) mass is 327 g/mol. The highest BCUT2D eigenvalue weighted by atomic mass is 16.6. The molecule has 5 nitrogen and oxygen atoms in total. The van der Waals surface area contributed by atoms with E-state index in [1.807, 2.05) is 34.6 Å². The molecule has 0 aromatic rings. The van der Waals surface area contributed by atoms with E-state index in [0.717, 1.165) is 19.5 Å². The van der Waals surface area contributed by atoms with Crippen LogP contribution in [-0.4, -0.2) is 66.3 Å². The van der Waals surface area contributed by atoms with Gasteiger partial charge in [0.05, 0.1) is 0 Å². The van der Waals surface area contributed by atoms with Crippen molar-refractivity contribution in [2.75, 3.05) is 26.7 Å². The summed E-state index contributed by atoms with van der Waals surface area (Å²) >= 11 is 0. The summed E-state index contributed by atoms with van der Waals surface area (Å²) in [6.07, 6.45) is 0.935. The van der Waals surface area contributed by atoms with Crippen LogP contribution < -0.4 is 5.32 Å². The number of likely N-dealkylation sites (tertiary alicyclic amines) is 1. The van der Waals surface area contributed by atoms with E-state index in [-0.39, 0.29) is 12.1 Å². The van der Waals surface area contributed by atoms with Gasteiger partial charge in [-0.05, 0) is 60.9 Å². The summed E-state index contributed by atoms with van der Waals surface area (Å²) in [5.41, 5.74) is -0.449. The molecular weight excluding hydrogens is 290 g/mol. The molecule has 0 spiro atoms. The average molecular weight is 328 g/mol. The Morgan fingerprint density at radius 3 is 2.48 bits per heavy atom. The minimum Gasteiger partial charge on any atom is -0.444 e. The number of nitrogens with zero attached hydrogens (tertiary/aromatic N) is 2. The van der Waals surface area contributed by atoms with Gasteiger partial charge in [0.25, 0.3) is 0 Å². The van der Waals surface area contributed by atoms with Crippen molar-refractivity contribution in [2.45, 2.75) is 78.6 Å². The van der Waals surface area contributed by atoms with Crippen LogP contribution in [0.25, 0.3) is 0 Å². The van der Waals surface area contributed by atoms with E-state index in [1.54, 1.807) is 4.90 Å². The van der Waals surface area contributed by atoms with Gasteiger partial charge in [-0.1, -0.05) is 6.92 Å². The summed E-state index contributed by atoms with van der Waals surface area (Å²) in [7, 11) is 2.19. The fourth-order valence-corrected chi connectivity index (χ4v) is 3.08. The van der Waals surface area contributed by atoms with Gasteiger partial charge in [0.15, 0.2) is 0 Å². The summed E-state index contributed by atoms with van der Waals surface area (Å²) in [5, 5.41) is 3.65. The lowest BCUT2D eigenvalue weighted by molar-refractivity contribution is 0.0188. The second-order valence-corrected chi connectivity index (χ2v) is 8.33. The number of amides is 1. The zero-order chi connectivity index (χ0) is 17.8. The Balaban J connectivity index is 2.48. The van der Waals surface area contributed by atoms with Crippen molar-refractivity contribution in [1.82, 2.24) is 15.1 Å². The van der Waals surface area contributed by atoms with Gasteiger partial charge in [-0.3, -0.25) is 0 Å². The van der Waals surface area contributed by atoms with Gasteiger partial charge < -0.3 is 19.9 Å². The molecule has 1 amide bonds. The first-order valence-corrected chi connectivity index (χ1v) is 8.94. The van der Waals surface area contributed by atoms with Crippen LogP contribution in [0.1, 0.15) is 54.9 Å². The van der Waals surface area contributed by atoms with Crippen LogP contribution in [0.15, 0.2) is 0 Å². The topological polar surface area (TPSA) is 44.8 Å². The molecular formula is C18H37N3O2. The number of hydrogen-bond donors (Lipinski definition) is 1. The minimum absolute atomic E-state index is 0.139. The molecule has 1 saturated heterocycles. The fourth-order valence-electron chi connectivity index (χ4n) is 3.08. The molecule has 1 rings (SSSR count). The van der Waals surface area contributed by atoms with Crippen molar-refractivity contribution in [2.24, 2.45) is 5.92 Å². The molecule has 0 aromatic carbocycles. The molecule has 0 radical (unpaired) electrons. The number of hydrogen-bond acceptors (Lipinski definition) is 4. The Bertz CT molecular complexity index is 379. The molecule has 0 aliphatic carbocycles. The van der Waals surface area contributed by atoms with Crippen LogP contribution in [-0.2, 0) is 4.74 Å². The second-order valence-electron chi connectivity index (χ2n) is 8.33. The van der Waals surface area contributed by atoms with E-state index in [1.165, 1.54) is 0 Å². The van der Waals surface area contributed by atoms with E-state index in [9.17, 15) is 4.79 Å². The SMILES string of the molecule is CC1CN(C)C(C)CC1NCCN(C(=O)OC(C)(C)C)C(C)C. The zero-order valence-corrected chi connectivity index (χ0v) is 16.3. The van der Waals surface area contributed by atoms with Gasteiger partial charge in [0.1, 0.15) is 5.60 Å². The van der Waals surface area contributed by atoms with E-state index in [4.69, 9.17) is 4.74 Å². The maximum atomic E-state index is 12.3. The van der Waals surface area contributed by atoms with Gasteiger partial charge in [-0.2, -0.15) is 0 Å². The van der Waals surface area contributed by atoms with Crippen molar-refractivity contribution in [3.63, 3.8) is 0 Å². The number of ether oxygens (including phenoxy) is 1. The number of carbonyl (C=O) groups is 1. The third-order valence-corrected chi connectivity index (χ3v) is 4.62. The molecule has 1 N–H and O–H groups in total. The van der Waals surface area contributed by atoms with Gasteiger partial charge >= 0.3 is 6.09 Å². The van der Waals surface area contributed by atoms with Gasteiger partial charge in [-0.25, -0.2) is 4.79 Å². The molecule has 3 unspecified atom stereocenters. The second kappa shape index (κ2) is 8.34. The number of piperidine rings is 1. The Hall–Kier alpha value is -0.810. The summed E-state index contributed by atoms with van der Waals surface area (Å²) < 4.78 is 5.51. The molecule has 1 fully saturated rings. The molecule has 0 bridgehead atoms. The quantitative estimate of drug-likeness (QED) is 0.843. The van der Waals surface area contributed by atoms with Gasteiger partial charge in [0.2, 0.25) is 0 Å². The molecule has 1 heterocycles. The van der Waals surface area contributed by atoms with Crippen LogP contribution in [0.5, 0.6) is 0 Å². The predicted molar refractivity (Wildman–Crippen MR) is 95.7 cm³/mol. The summed E-state index contributed by atoms with van der Waals surface area (Å²) in [5.74, 6) is 0.630. The molecule has 5 heteroatoms. The lowest BCUT2D eigenvalue weighted by atomic mass is 9.90. The van der Waals surface area contributed by atoms with E-state index < -0.39 is 5.60 Å². The zero-order valence-electron chi connectivity index (χ0n) is 16.3. The van der Waals surface area contributed by atoms with Crippen molar-refractivity contribution in [3.05, 3.63) is 0 Å². The molecule has 1 aliphatic heterocycles. The number of rotatable bonds is 5. The minimum atomic E-state index is -0.449. The third-order valence-electron chi connectivity index (χ3n) is 4.62. The first-order chi connectivity index (χ1) is 10.5. The van der Waals surface area contributed by atoms with Crippen molar-refractivity contribution in [1.29, 1.82) is 0 Å². The lowest BCUT2D eigenvalue weighted by Gasteiger charge is -2.40. The smallest absolute Gasteiger partial charge is 0.410 e. The fraction of sp³-hybridized carbons (Fsp3) is 0.944. The Labute approximate surface area is 142 Å². The summed E-state index contributed by atoms with van der Waals surface area (Å²) in [6, 6.07) is 1.27. The number of nitrogens with one attached hydrogen (secondary N) is 1. The van der Waals surface area contributed by atoms with Crippen LogP contribution in [0, 0.1) is 5.92 Å². The van der Waals surface area contributed by atoms with Crippen LogP contribution in [0.2, 0.25) is 0 Å². The first kappa shape index (κ1) is 20.2. The average Bonchev–Trinajstić information content (AvgIpc) is 2.37. The van der Waals surface area contributed by atoms with Crippen LogP contribution in [0.3, 0.4) is 0 Å². The molecule has 23 heavy (non-hydrogen) atoms. The normalized spacial score (nSPS) is 26.4. The Kier molecular flexibility index (Phi) is 7.33. The maximum absolute atomic E-state index is 12.3. The van der Waals surface area contributed by atoms with Crippen molar-refractivity contribution >= 4 is 6.09 Å². The van der Waals surface area contributed by atoms with Gasteiger partial charge in [-0.15, -0.1) is 0 Å². The highest BCUT2D eigenvalue weighted by Gasteiger charge is 2.29. The molecule has 136 valence electrons. The Morgan fingerprint density at radius 1 is 1.35 bits per heavy atom. The Morgan fingerprint density at radius 2 is 1.96 bits per heavy atom. The van der Waals surface area contributed by atoms with E-state index in [2.05, 4.69) is 31.1 Å². The summed E-state index contributed by atoms with van der Waals surface area (Å²) in [4.78, 5) is 16.5. The molecule has 0 aromatic heterocycles. The summed E-state index contributed by atoms with van der Waals surface area (Å²) in [6.45, 7) is 17.0. The van der Waals surface area contributed by atoms with Crippen molar-refractivity contribution in [3.8, 4) is 0 Å². The van der Waals surface area contributed by atoms with Crippen molar-refractivity contribution < 1.29 is 9.53 Å². The standard InChI is InChI=1S/C18H37N3O2/c1-13(2)21(17(22)23-18(5,6)7)10-9-19-16-11-15(4)20(8)12-14(16)3/h13-16,19H,9-12H2,1-8H3. The van der Waals surface area contributed by atoms with Gasteiger partial charge in [0, 0.05) is 37.8 Å². The van der Waals surface area contributed by atoms with Crippen LogP contribution in [0.4, 0.5) is 4.79 Å². The molecule has 1 aliphatic rings. The highest BCUT2D eigenvalue weighted by Crippen LogP contribution is 2.20. The largest absolute Gasteiger partial charge is 0.444 e. The molecule has 3 atom stereocenters. The number of carbonyl (C=O) groups excluding carboxylic acids is 1.